The van der Waals surface area contributed by atoms with Crippen molar-refractivity contribution >= 4 is 21.6 Å². The maximum atomic E-state index is 11.2. The van der Waals surface area contributed by atoms with Crippen LogP contribution in [0.5, 0.6) is 0 Å². The molecule has 0 aromatic carbocycles. The van der Waals surface area contributed by atoms with E-state index in [9.17, 15) is 8.42 Å². The van der Waals surface area contributed by atoms with Crippen LogP contribution in [0, 0.1) is 0 Å². The summed E-state index contributed by atoms with van der Waals surface area (Å²) in [5.74, 6) is 1.69. The van der Waals surface area contributed by atoms with Crippen molar-refractivity contribution in [2.24, 2.45) is 0 Å². The monoisotopic (exact) mass is 312 g/mol. The van der Waals surface area contributed by atoms with Crippen molar-refractivity contribution < 1.29 is 8.42 Å². The highest BCUT2D eigenvalue weighted by atomic mass is 32.2. The van der Waals surface area contributed by atoms with E-state index in [1.807, 2.05) is 6.92 Å². The molecule has 2 aromatic heterocycles. The van der Waals surface area contributed by atoms with Crippen LogP contribution in [0.4, 0.5) is 0 Å². The Morgan fingerprint density at radius 2 is 1.95 bits per heavy atom. The van der Waals surface area contributed by atoms with Gasteiger partial charge in [-0.15, -0.1) is 0 Å². The summed E-state index contributed by atoms with van der Waals surface area (Å²) >= 11 is 1.57. The first-order chi connectivity index (χ1) is 9.49. The van der Waals surface area contributed by atoms with Crippen LogP contribution in [0.3, 0.4) is 0 Å². The lowest BCUT2D eigenvalue weighted by atomic mass is 10.3. The second kappa shape index (κ2) is 6.36. The van der Waals surface area contributed by atoms with Crippen molar-refractivity contribution in [3.05, 3.63) is 24.8 Å². The fourth-order valence-electron chi connectivity index (χ4n) is 1.65. The molecule has 0 atom stereocenters. The lowest BCUT2D eigenvalue weighted by molar-refractivity contribution is 0.595. The molecular weight excluding hydrogens is 296 g/mol. The van der Waals surface area contributed by atoms with Crippen molar-refractivity contribution in [3.8, 4) is 11.4 Å². The maximum absolute atomic E-state index is 11.2. The highest BCUT2D eigenvalue weighted by molar-refractivity contribution is 7.99. The number of rotatable bonds is 6. The second-order valence-electron chi connectivity index (χ2n) is 4.26. The van der Waals surface area contributed by atoms with Crippen LogP contribution in [-0.2, 0) is 16.4 Å². The van der Waals surface area contributed by atoms with E-state index in [0.717, 1.165) is 16.5 Å². The van der Waals surface area contributed by atoms with Crippen molar-refractivity contribution in [3.63, 3.8) is 0 Å². The summed E-state index contributed by atoms with van der Waals surface area (Å²) in [6, 6.07) is 0. The third-order valence-corrected chi connectivity index (χ3v) is 4.26. The van der Waals surface area contributed by atoms with E-state index < -0.39 is 9.84 Å². The van der Waals surface area contributed by atoms with E-state index in [0.29, 0.717) is 12.4 Å². The average molecular weight is 312 g/mol. The SMILES string of the molecule is CCSc1ncc(-c2nccn2CCS(C)(=O)=O)cn1. The average Bonchev–Trinajstić information content (AvgIpc) is 2.85. The van der Waals surface area contributed by atoms with Gasteiger partial charge in [0.05, 0.1) is 11.3 Å². The van der Waals surface area contributed by atoms with Crippen LogP contribution in [0.2, 0.25) is 0 Å². The molecule has 8 heteroatoms. The zero-order valence-electron chi connectivity index (χ0n) is 11.4. The van der Waals surface area contributed by atoms with Crippen LogP contribution in [0.15, 0.2) is 29.9 Å². The molecule has 0 aliphatic rings. The molecule has 0 spiro atoms. The summed E-state index contributed by atoms with van der Waals surface area (Å²) in [6.07, 6.45) is 8.06. The predicted molar refractivity (Wildman–Crippen MR) is 79.4 cm³/mol. The number of nitrogens with zero attached hydrogens (tertiary/aromatic N) is 4. The van der Waals surface area contributed by atoms with E-state index in [4.69, 9.17) is 0 Å². The van der Waals surface area contributed by atoms with Crippen molar-refractivity contribution in [2.45, 2.75) is 18.6 Å². The minimum absolute atomic E-state index is 0.0843. The summed E-state index contributed by atoms with van der Waals surface area (Å²) in [6.45, 7) is 2.42. The van der Waals surface area contributed by atoms with E-state index >= 15 is 0 Å². The molecular formula is C12H16N4O2S2. The molecule has 2 aromatic rings. The lowest BCUT2D eigenvalue weighted by Gasteiger charge is -2.07. The molecule has 0 amide bonds. The van der Waals surface area contributed by atoms with Crippen LogP contribution in [-0.4, -0.2) is 45.7 Å². The van der Waals surface area contributed by atoms with Gasteiger partial charge in [0, 0.05) is 37.6 Å². The zero-order valence-corrected chi connectivity index (χ0v) is 13.0. The summed E-state index contributed by atoms with van der Waals surface area (Å²) in [5.41, 5.74) is 0.781. The van der Waals surface area contributed by atoms with Gasteiger partial charge in [-0.2, -0.15) is 0 Å². The number of hydrogen-bond donors (Lipinski definition) is 0. The number of aromatic nitrogens is 4. The minimum Gasteiger partial charge on any atom is -0.330 e. The van der Waals surface area contributed by atoms with Gasteiger partial charge in [-0.3, -0.25) is 0 Å². The van der Waals surface area contributed by atoms with Crippen LogP contribution in [0.25, 0.3) is 11.4 Å². The van der Waals surface area contributed by atoms with Crippen LogP contribution in [0.1, 0.15) is 6.92 Å². The molecule has 0 saturated heterocycles. The van der Waals surface area contributed by atoms with Gasteiger partial charge in [0.2, 0.25) is 0 Å². The van der Waals surface area contributed by atoms with Crippen LogP contribution >= 0.6 is 11.8 Å². The summed E-state index contributed by atoms with van der Waals surface area (Å²) < 4.78 is 24.3. The van der Waals surface area contributed by atoms with Gasteiger partial charge < -0.3 is 4.57 Å². The quantitative estimate of drug-likeness (QED) is 0.594. The number of hydrogen-bond acceptors (Lipinski definition) is 6. The first-order valence-electron chi connectivity index (χ1n) is 6.13. The zero-order chi connectivity index (χ0) is 14.6. The summed E-state index contributed by atoms with van der Waals surface area (Å²) in [4.78, 5) is 12.8. The Labute approximate surface area is 122 Å². The molecule has 20 heavy (non-hydrogen) atoms. The van der Waals surface area contributed by atoms with E-state index in [-0.39, 0.29) is 5.75 Å². The Balaban J connectivity index is 2.18. The van der Waals surface area contributed by atoms with Crippen molar-refractivity contribution in [2.75, 3.05) is 17.8 Å². The van der Waals surface area contributed by atoms with E-state index in [1.54, 1.807) is 41.1 Å². The van der Waals surface area contributed by atoms with Gasteiger partial charge >= 0.3 is 0 Å². The fraction of sp³-hybridized carbons (Fsp3) is 0.417. The molecule has 108 valence electrons. The standard InChI is InChI=1S/C12H16N4O2S2/c1-3-19-12-14-8-10(9-15-12)11-13-4-5-16(11)6-7-20(2,17)18/h4-5,8-9H,3,6-7H2,1-2H3. The fourth-order valence-corrected chi connectivity index (χ4v) is 2.69. The maximum Gasteiger partial charge on any atom is 0.187 e. The topological polar surface area (TPSA) is 77.7 Å². The molecule has 0 aliphatic carbocycles. The summed E-state index contributed by atoms with van der Waals surface area (Å²) in [5, 5.41) is 0.727. The largest absolute Gasteiger partial charge is 0.330 e. The van der Waals surface area contributed by atoms with Gasteiger partial charge in [-0.05, 0) is 5.75 Å². The molecule has 6 nitrogen and oxygen atoms in total. The van der Waals surface area contributed by atoms with E-state index in [2.05, 4.69) is 15.0 Å². The smallest absolute Gasteiger partial charge is 0.187 e. The van der Waals surface area contributed by atoms with Gasteiger partial charge in [-0.1, -0.05) is 18.7 Å². The van der Waals surface area contributed by atoms with Gasteiger partial charge in [0.15, 0.2) is 5.16 Å². The highest BCUT2D eigenvalue weighted by Crippen LogP contribution is 2.18. The first-order valence-corrected chi connectivity index (χ1v) is 9.18. The second-order valence-corrected chi connectivity index (χ2v) is 7.75. The Bertz CT molecular complexity index is 665. The number of sulfone groups is 1. The molecule has 0 unspecified atom stereocenters. The van der Waals surface area contributed by atoms with Crippen molar-refractivity contribution in [1.82, 2.24) is 19.5 Å². The molecule has 0 N–H and O–H groups in total. The normalized spacial score (nSPS) is 11.7. The Morgan fingerprint density at radius 1 is 1.25 bits per heavy atom. The van der Waals surface area contributed by atoms with Crippen LogP contribution < -0.4 is 0 Å². The number of aryl methyl sites for hydroxylation is 1. The van der Waals surface area contributed by atoms with Gasteiger partial charge in [0.1, 0.15) is 15.7 Å². The Morgan fingerprint density at radius 3 is 2.55 bits per heavy atom. The third kappa shape index (κ3) is 4.04. The summed E-state index contributed by atoms with van der Waals surface area (Å²) in [7, 11) is -3.00. The van der Waals surface area contributed by atoms with Gasteiger partial charge in [0.25, 0.3) is 0 Å². The predicted octanol–water partition coefficient (Wildman–Crippen LogP) is 1.50. The minimum atomic E-state index is -3.00. The molecule has 0 saturated carbocycles. The number of thioether (sulfide) groups is 1. The lowest BCUT2D eigenvalue weighted by Crippen LogP contribution is -2.11. The molecule has 0 aliphatic heterocycles. The Kier molecular flexibility index (Phi) is 4.77. The third-order valence-electron chi connectivity index (χ3n) is 2.58. The first kappa shape index (κ1) is 15.0. The van der Waals surface area contributed by atoms with Crippen molar-refractivity contribution in [1.29, 1.82) is 0 Å². The molecule has 2 rings (SSSR count). The van der Waals surface area contributed by atoms with E-state index in [1.165, 1.54) is 6.26 Å². The highest BCUT2D eigenvalue weighted by Gasteiger charge is 2.09. The number of imidazole rings is 1. The molecule has 0 bridgehead atoms. The molecule has 0 fully saturated rings. The molecule has 2 heterocycles. The molecule has 0 radical (unpaired) electrons. The Hall–Kier alpha value is -1.41. The van der Waals surface area contributed by atoms with Gasteiger partial charge in [-0.25, -0.2) is 23.4 Å².